The van der Waals surface area contributed by atoms with Gasteiger partial charge in [0.05, 0.1) is 21.8 Å². The molecule has 9 heteroatoms. The number of fused-ring (bicyclic) bond motifs is 3. The first kappa shape index (κ1) is 18.6. The smallest absolute Gasteiger partial charge is 0.235 e. The molecule has 6 heterocycles. The molecule has 0 N–H and O–H groups in total. The summed E-state index contributed by atoms with van der Waals surface area (Å²) in [6, 6.07) is 20.4. The summed E-state index contributed by atoms with van der Waals surface area (Å²) in [7, 11) is 0. The number of nitrogens with zero attached hydrogens (tertiary/aromatic N) is 7. The topological polar surface area (TPSA) is 73.3 Å². The molecule has 0 amide bonds. The number of aryl methyl sites for hydroxylation is 1. The highest BCUT2D eigenvalue weighted by Gasteiger charge is 2.20. The van der Waals surface area contributed by atoms with Gasteiger partial charge in [0.1, 0.15) is 16.3 Å². The maximum absolute atomic E-state index is 4.91. The summed E-state index contributed by atoms with van der Waals surface area (Å²) < 4.78 is 3.84. The Kier molecular flexibility index (Phi) is 3.96. The van der Waals surface area contributed by atoms with Crippen molar-refractivity contribution in [2.45, 2.75) is 6.92 Å². The van der Waals surface area contributed by atoms with E-state index >= 15 is 0 Å². The summed E-state index contributed by atoms with van der Waals surface area (Å²) in [6.45, 7) is 1.98. The largest absolute Gasteiger partial charge is 0.297 e. The normalized spacial score (nSPS) is 11.8. The van der Waals surface area contributed by atoms with Crippen molar-refractivity contribution in [3.8, 4) is 32.7 Å². The van der Waals surface area contributed by atoms with Gasteiger partial charge in [-0.2, -0.15) is 9.61 Å². The number of rotatable bonds is 3. The van der Waals surface area contributed by atoms with Crippen LogP contribution in [0.2, 0.25) is 0 Å². The fraction of sp³-hybridized carbons (Fsp3) is 0.0417. The zero-order valence-corrected chi connectivity index (χ0v) is 19.0. The molecule has 0 aliphatic carbocycles. The predicted octanol–water partition coefficient (Wildman–Crippen LogP) is 5.75. The Bertz CT molecular complexity index is 1790. The van der Waals surface area contributed by atoms with Crippen LogP contribution in [0.1, 0.15) is 5.69 Å². The lowest BCUT2D eigenvalue weighted by Gasteiger charge is -2.05. The van der Waals surface area contributed by atoms with Crippen LogP contribution in [-0.4, -0.2) is 34.2 Å². The third kappa shape index (κ3) is 2.83. The van der Waals surface area contributed by atoms with Gasteiger partial charge in [0, 0.05) is 17.1 Å². The molecule has 0 saturated heterocycles. The van der Waals surface area contributed by atoms with Crippen molar-refractivity contribution in [3.63, 3.8) is 0 Å². The van der Waals surface area contributed by atoms with Gasteiger partial charge in [0.2, 0.25) is 10.8 Å². The second kappa shape index (κ2) is 7.03. The van der Waals surface area contributed by atoms with Gasteiger partial charge in [-0.05, 0) is 48.7 Å². The van der Waals surface area contributed by atoms with Crippen LogP contribution in [0.25, 0.3) is 54.2 Å². The SMILES string of the molecule is Cc1nc2ccccn2c1-c1nnc2sc(-c3cccc4nc(-c5cccs5)ccc34)nn12. The molecule has 1 aromatic carbocycles. The second-order valence-corrected chi connectivity index (χ2v) is 9.55. The molecule has 0 aliphatic rings. The molecule has 158 valence electrons. The van der Waals surface area contributed by atoms with Gasteiger partial charge in [0.15, 0.2) is 0 Å². The molecule has 7 nitrogen and oxygen atoms in total. The van der Waals surface area contributed by atoms with E-state index in [1.165, 1.54) is 11.3 Å². The minimum Gasteiger partial charge on any atom is -0.297 e. The van der Waals surface area contributed by atoms with Crippen LogP contribution in [0.4, 0.5) is 0 Å². The Hall–Kier alpha value is -3.95. The van der Waals surface area contributed by atoms with E-state index in [1.54, 1.807) is 11.3 Å². The fourth-order valence-electron chi connectivity index (χ4n) is 4.16. The van der Waals surface area contributed by atoms with E-state index in [1.807, 2.05) is 58.4 Å². The Morgan fingerprint density at radius 1 is 0.879 bits per heavy atom. The summed E-state index contributed by atoms with van der Waals surface area (Å²) in [4.78, 5) is 11.5. The van der Waals surface area contributed by atoms with Crippen molar-refractivity contribution >= 4 is 44.2 Å². The van der Waals surface area contributed by atoms with Crippen molar-refractivity contribution in [3.05, 3.63) is 77.9 Å². The van der Waals surface area contributed by atoms with Crippen molar-refractivity contribution in [2.75, 3.05) is 0 Å². The lowest BCUT2D eigenvalue weighted by Crippen LogP contribution is -1.96. The van der Waals surface area contributed by atoms with E-state index < -0.39 is 0 Å². The minimum atomic E-state index is 0.682. The van der Waals surface area contributed by atoms with Crippen LogP contribution in [0.15, 0.2) is 72.2 Å². The first-order valence-corrected chi connectivity index (χ1v) is 12.1. The van der Waals surface area contributed by atoms with Crippen LogP contribution < -0.4 is 0 Å². The van der Waals surface area contributed by atoms with Gasteiger partial charge in [-0.3, -0.25) is 4.40 Å². The van der Waals surface area contributed by atoms with Crippen LogP contribution in [0.5, 0.6) is 0 Å². The molecule has 0 unspecified atom stereocenters. The van der Waals surface area contributed by atoms with E-state index in [-0.39, 0.29) is 0 Å². The summed E-state index contributed by atoms with van der Waals surface area (Å²) in [5.41, 5.74) is 5.63. The molecule has 0 saturated carbocycles. The van der Waals surface area contributed by atoms with Gasteiger partial charge in [-0.25, -0.2) is 9.97 Å². The maximum Gasteiger partial charge on any atom is 0.235 e. The number of hydrogen-bond acceptors (Lipinski definition) is 7. The minimum absolute atomic E-state index is 0.682. The number of hydrogen-bond donors (Lipinski definition) is 0. The van der Waals surface area contributed by atoms with Gasteiger partial charge in [-0.1, -0.05) is 35.6 Å². The molecule has 6 aromatic heterocycles. The van der Waals surface area contributed by atoms with Crippen LogP contribution >= 0.6 is 22.7 Å². The van der Waals surface area contributed by atoms with E-state index in [9.17, 15) is 0 Å². The van der Waals surface area contributed by atoms with Crippen LogP contribution in [0, 0.1) is 6.92 Å². The van der Waals surface area contributed by atoms with E-state index in [4.69, 9.17) is 10.1 Å². The molecule has 0 radical (unpaired) electrons. The summed E-state index contributed by atoms with van der Waals surface area (Å²) in [5.74, 6) is 0.682. The number of pyridine rings is 2. The predicted molar refractivity (Wildman–Crippen MR) is 132 cm³/mol. The summed E-state index contributed by atoms with van der Waals surface area (Å²) in [6.07, 6.45) is 1.99. The highest BCUT2D eigenvalue weighted by Crippen LogP contribution is 2.34. The third-order valence-corrected chi connectivity index (χ3v) is 7.47. The molecule has 33 heavy (non-hydrogen) atoms. The first-order valence-electron chi connectivity index (χ1n) is 10.4. The molecule has 0 aliphatic heterocycles. The Balaban J connectivity index is 1.39. The fourth-order valence-corrected chi connectivity index (χ4v) is 5.73. The van der Waals surface area contributed by atoms with Crippen molar-refractivity contribution < 1.29 is 0 Å². The second-order valence-electron chi connectivity index (χ2n) is 7.65. The lowest BCUT2D eigenvalue weighted by molar-refractivity contribution is 0.954. The van der Waals surface area contributed by atoms with Crippen LogP contribution in [-0.2, 0) is 0 Å². The van der Waals surface area contributed by atoms with Gasteiger partial charge in [-0.15, -0.1) is 21.5 Å². The van der Waals surface area contributed by atoms with E-state index in [0.29, 0.717) is 5.82 Å². The number of thiophene rings is 1. The van der Waals surface area contributed by atoms with Crippen molar-refractivity contribution in [2.24, 2.45) is 0 Å². The summed E-state index contributed by atoms with van der Waals surface area (Å²) in [5, 5.41) is 17.8. The quantitative estimate of drug-likeness (QED) is 0.332. The molecule has 7 aromatic rings. The molecule has 7 rings (SSSR count). The number of benzene rings is 1. The molecule has 0 bridgehead atoms. The van der Waals surface area contributed by atoms with E-state index in [2.05, 4.69) is 44.8 Å². The maximum atomic E-state index is 4.91. The Morgan fingerprint density at radius 3 is 2.76 bits per heavy atom. The average Bonchev–Trinajstić information content (AvgIpc) is 3.62. The zero-order chi connectivity index (χ0) is 21.9. The van der Waals surface area contributed by atoms with Crippen molar-refractivity contribution in [1.29, 1.82) is 0 Å². The summed E-state index contributed by atoms with van der Waals surface area (Å²) >= 11 is 3.21. The van der Waals surface area contributed by atoms with Crippen molar-refractivity contribution in [1.82, 2.24) is 34.2 Å². The lowest BCUT2D eigenvalue weighted by atomic mass is 10.1. The molecule has 0 atom stereocenters. The van der Waals surface area contributed by atoms with Gasteiger partial charge < -0.3 is 0 Å². The molecule has 0 fully saturated rings. The molecule has 0 spiro atoms. The van der Waals surface area contributed by atoms with Crippen LogP contribution in [0.3, 0.4) is 0 Å². The standard InChI is InChI=1S/C24H15N7S2/c1-14-21(30-12-3-2-9-20(30)25-14)22-27-28-24-31(22)29-23(33-24)16-6-4-7-17-15(16)10-11-18(26-17)19-8-5-13-32-19/h2-13H,1H3. The third-order valence-electron chi connectivity index (χ3n) is 5.64. The first-order chi connectivity index (χ1) is 16.3. The Morgan fingerprint density at radius 2 is 1.85 bits per heavy atom. The average molecular weight is 466 g/mol. The molecular formula is C24H15N7S2. The van der Waals surface area contributed by atoms with E-state index in [0.717, 1.165) is 54.0 Å². The molecular weight excluding hydrogens is 450 g/mol. The number of imidazole rings is 1. The monoisotopic (exact) mass is 465 g/mol. The zero-order valence-electron chi connectivity index (χ0n) is 17.4. The highest BCUT2D eigenvalue weighted by molar-refractivity contribution is 7.20. The van der Waals surface area contributed by atoms with Gasteiger partial charge >= 0.3 is 0 Å². The number of aromatic nitrogens is 7. The highest BCUT2D eigenvalue weighted by atomic mass is 32.1. The Labute approximate surface area is 195 Å². The van der Waals surface area contributed by atoms with Gasteiger partial charge in [0.25, 0.3) is 0 Å².